The Balaban J connectivity index is 1.35. The second-order valence-corrected chi connectivity index (χ2v) is 8.02. The highest BCUT2D eigenvalue weighted by atomic mass is 16.4. The van der Waals surface area contributed by atoms with Crippen LogP contribution >= 0.6 is 0 Å². The SMILES string of the molecule is Cc1cccc(NC(=O)N2CCC(c3nc(C(=O)N4CCCC4)c(C)o3)CC2)c1. The van der Waals surface area contributed by atoms with Gasteiger partial charge in [0.25, 0.3) is 5.91 Å². The Labute approximate surface area is 171 Å². The lowest BCUT2D eigenvalue weighted by atomic mass is 9.97. The third-order valence-corrected chi connectivity index (χ3v) is 5.81. The molecule has 1 aromatic carbocycles. The maximum atomic E-state index is 12.6. The van der Waals surface area contributed by atoms with Crippen molar-refractivity contribution in [3.8, 4) is 0 Å². The van der Waals surface area contributed by atoms with Crippen LogP contribution in [0, 0.1) is 13.8 Å². The van der Waals surface area contributed by atoms with E-state index in [-0.39, 0.29) is 17.9 Å². The molecule has 0 bridgehead atoms. The predicted molar refractivity (Wildman–Crippen MR) is 110 cm³/mol. The Kier molecular flexibility index (Phi) is 5.56. The molecule has 0 unspecified atom stereocenters. The molecule has 29 heavy (non-hydrogen) atoms. The molecule has 1 aromatic heterocycles. The fraction of sp³-hybridized carbons (Fsp3) is 0.500. The lowest BCUT2D eigenvalue weighted by Gasteiger charge is -2.30. The molecule has 0 saturated carbocycles. The second-order valence-electron chi connectivity index (χ2n) is 8.02. The van der Waals surface area contributed by atoms with Crippen molar-refractivity contribution in [2.75, 3.05) is 31.5 Å². The Hall–Kier alpha value is -2.83. The van der Waals surface area contributed by atoms with Gasteiger partial charge in [-0.2, -0.15) is 0 Å². The second kappa shape index (κ2) is 8.27. The van der Waals surface area contributed by atoms with E-state index in [1.807, 2.05) is 47.9 Å². The van der Waals surface area contributed by atoms with Crippen molar-refractivity contribution in [3.05, 3.63) is 47.2 Å². The lowest BCUT2D eigenvalue weighted by molar-refractivity contribution is 0.0786. The van der Waals surface area contributed by atoms with Crippen LogP contribution in [-0.4, -0.2) is 52.9 Å². The van der Waals surface area contributed by atoms with E-state index in [1.54, 1.807) is 0 Å². The standard InChI is InChI=1S/C22H28N4O3/c1-15-6-5-7-18(14-15)23-22(28)26-12-8-17(9-13-26)20-24-19(16(2)29-20)21(27)25-10-3-4-11-25/h5-7,14,17H,3-4,8-13H2,1-2H3,(H,23,28). The van der Waals surface area contributed by atoms with Gasteiger partial charge in [0.05, 0.1) is 0 Å². The molecule has 2 aliphatic heterocycles. The summed E-state index contributed by atoms with van der Waals surface area (Å²) in [5.41, 5.74) is 2.37. The third kappa shape index (κ3) is 4.28. The minimum atomic E-state index is -0.0810. The van der Waals surface area contributed by atoms with Gasteiger partial charge in [-0.3, -0.25) is 4.79 Å². The summed E-state index contributed by atoms with van der Waals surface area (Å²) in [5.74, 6) is 1.34. The fourth-order valence-corrected chi connectivity index (χ4v) is 4.11. The molecule has 3 heterocycles. The first-order chi connectivity index (χ1) is 14.0. The number of amides is 3. The van der Waals surface area contributed by atoms with Gasteiger partial charge in [-0.15, -0.1) is 0 Å². The van der Waals surface area contributed by atoms with E-state index in [4.69, 9.17) is 4.42 Å². The minimum absolute atomic E-state index is 0.0232. The van der Waals surface area contributed by atoms with E-state index in [1.165, 1.54) is 0 Å². The Morgan fingerprint density at radius 2 is 1.79 bits per heavy atom. The Morgan fingerprint density at radius 1 is 1.07 bits per heavy atom. The quantitative estimate of drug-likeness (QED) is 0.852. The van der Waals surface area contributed by atoms with Crippen LogP contribution < -0.4 is 5.32 Å². The number of carbonyl (C=O) groups excluding carboxylic acids is 2. The van der Waals surface area contributed by atoms with Crippen molar-refractivity contribution in [3.63, 3.8) is 0 Å². The van der Waals surface area contributed by atoms with E-state index in [0.717, 1.165) is 50.0 Å². The molecule has 0 atom stereocenters. The van der Waals surface area contributed by atoms with Gasteiger partial charge in [-0.05, 0) is 57.2 Å². The van der Waals surface area contributed by atoms with Crippen LogP contribution in [0.25, 0.3) is 0 Å². The number of hydrogen-bond donors (Lipinski definition) is 1. The molecule has 2 aromatic rings. The van der Waals surface area contributed by atoms with Crippen molar-refractivity contribution >= 4 is 17.6 Å². The Morgan fingerprint density at radius 3 is 2.48 bits per heavy atom. The normalized spacial score (nSPS) is 17.6. The van der Waals surface area contributed by atoms with Gasteiger partial charge in [0.2, 0.25) is 0 Å². The number of carbonyl (C=O) groups is 2. The van der Waals surface area contributed by atoms with E-state index in [9.17, 15) is 9.59 Å². The summed E-state index contributed by atoms with van der Waals surface area (Å²) in [6.45, 7) is 6.69. The van der Waals surface area contributed by atoms with Gasteiger partial charge < -0.3 is 19.5 Å². The van der Waals surface area contributed by atoms with Crippen LogP contribution in [0.2, 0.25) is 0 Å². The maximum absolute atomic E-state index is 12.6. The number of nitrogens with one attached hydrogen (secondary N) is 1. The third-order valence-electron chi connectivity index (χ3n) is 5.81. The number of aromatic nitrogens is 1. The van der Waals surface area contributed by atoms with Gasteiger partial charge >= 0.3 is 6.03 Å². The predicted octanol–water partition coefficient (Wildman–Crippen LogP) is 3.94. The number of urea groups is 1. The van der Waals surface area contributed by atoms with Crippen molar-refractivity contribution in [1.29, 1.82) is 0 Å². The molecule has 4 rings (SSSR count). The molecule has 7 heteroatoms. The monoisotopic (exact) mass is 396 g/mol. The van der Waals surface area contributed by atoms with E-state index in [2.05, 4.69) is 10.3 Å². The van der Waals surface area contributed by atoms with Crippen molar-refractivity contribution < 1.29 is 14.0 Å². The molecule has 7 nitrogen and oxygen atoms in total. The highest BCUT2D eigenvalue weighted by Gasteiger charge is 2.30. The highest BCUT2D eigenvalue weighted by molar-refractivity contribution is 5.93. The van der Waals surface area contributed by atoms with Crippen molar-refractivity contribution in [1.82, 2.24) is 14.8 Å². The molecule has 2 aliphatic rings. The maximum Gasteiger partial charge on any atom is 0.321 e. The number of piperidine rings is 1. The molecule has 1 N–H and O–H groups in total. The van der Waals surface area contributed by atoms with Gasteiger partial charge in [0.1, 0.15) is 5.76 Å². The van der Waals surface area contributed by atoms with Crippen LogP contribution in [0.3, 0.4) is 0 Å². The van der Waals surface area contributed by atoms with Crippen molar-refractivity contribution in [2.45, 2.75) is 45.4 Å². The van der Waals surface area contributed by atoms with Gasteiger partial charge in [-0.25, -0.2) is 9.78 Å². The highest BCUT2D eigenvalue weighted by Crippen LogP contribution is 2.30. The molecule has 3 amide bonds. The zero-order valence-corrected chi connectivity index (χ0v) is 17.1. The first-order valence-corrected chi connectivity index (χ1v) is 10.4. The van der Waals surface area contributed by atoms with Crippen LogP contribution in [0.1, 0.15) is 59.3 Å². The van der Waals surface area contributed by atoms with Crippen molar-refractivity contribution in [2.24, 2.45) is 0 Å². The van der Waals surface area contributed by atoms with Crippen LogP contribution in [0.15, 0.2) is 28.7 Å². The number of benzene rings is 1. The fourth-order valence-electron chi connectivity index (χ4n) is 4.11. The smallest absolute Gasteiger partial charge is 0.321 e. The van der Waals surface area contributed by atoms with E-state index in [0.29, 0.717) is 30.4 Å². The topological polar surface area (TPSA) is 78.7 Å². The summed E-state index contributed by atoms with van der Waals surface area (Å²) in [6, 6.07) is 7.71. The molecule has 2 fully saturated rings. The summed E-state index contributed by atoms with van der Waals surface area (Å²) < 4.78 is 5.86. The van der Waals surface area contributed by atoms with Gasteiger partial charge in [-0.1, -0.05) is 12.1 Å². The summed E-state index contributed by atoms with van der Waals surface area (Å²) in [6.07, 6.45) is 3.66. The summed E-state index contributed by atoms with van der Waals surface area (Å²) in [4.78, 5) is 33.4. The van der Waals surface area contributed by atoms with Crippen LogP contribution in [0.5, 0.6) is 0 Å². The molecular formula is C22H28N4O3. The molecule has 0 radical (unpaired) electrons. The number of aryl methyl sites for hydroxylation is 2. The molecule has 0 spiro atoms. The largest absolute Gasteiger partial charge is 0.445 e. The average molecular weight is 396 g/mol. The average Bonchev–Trinajstić information content (AvgIpc) is 3.38. The number of hydrogen-bond acceptors (Lipinski definition) is 4. The summed E-state index contributed by atoms with van der Waals surface area (Å²) in [7, 11) is 0. The summed E-state index contributed by atoms with van der Waals surface area (Å²) in [5, 5.41) is 2.96. The van der Waals surface area contributed by atoms with Crippen LogP contribution in [-0.2, 0) is 0 Å². The first-order valence-electron chi connectivity index (χ1n) is 10.4. The molecule has 2 saturated heterocycles. The zero-order valence-electron chi connectivity index (χ0n) is 17.1. The Bertz CT molecular complexity index is 893. The first kappa shape index (κ1) is 19.5. The molecular weight excluding hydrogens is 368 g/mol. The number of nitrogens with zero attached hydrogens (tertiary/aromatic N) is 3. The number of likely N-dealkylation sites (tertiary alicyclic amines) is 2. The number of rotatable bonds is 3. The minimum Gasteiger partial charge on any atom is -0.445 e. The molecule has 154 valence electrons. The molecule has 0 aliphatic carbocycles. The number of oxazole rings is 1. The van der Waals surface area contributed by atoms with Gasteiger partial charge in [0.15, 0.2) is 11.6 Å². The summed E-state index contributed by atoms with van der Waals surface area (Å²) >= 11 is 0. The van der Waals surface area contributed by atoms with Gasteiger partial charge in [0, 0.05) is 37.8 Å². The van der Waals surface area contributed by atoms with E-state index >= 15 is 0 Å². The van der Waals surface area contributed by atoms with Crippen LogP contribution in [0.4, 0.5) is 10.5 Å². The van der Waals surface area contributed by atoms with E-state index < -0.39 is 0 Å². The lowest BCUT2D eigenvalue weighted by Crippen LogP contribution is -2.40. The number of anilines is 1. The zero-order chi connectivity index (χ0) is 20.4.